The van der Waals surface area contributed by atoms with Crippen molar-refractivity contribution in [2.75, 3.05) is 6.54 Å². The van der Waals surface area contributed by atoms with Crippen LogP contribution in [0.5, 0.6) is 23.0 Å². The number of nitrogens with zero attached hydrogens (tertiary/aromatic N) is 1. The molecule has 0 bridgehead atoms. The average molecular weight is 455 g/mol. The maximum atomic E-state index is 12.7. The van der Waals surface area contributed by atoms with Crippen LogP contribution in [0.25, 0.3) is 12.2 Å². The van der Waals surface area contributed by atoms with Crippen LogP contribution in [-0.2, 0) is 14.4 Å². The average Bonchev–Trinajstić information content (AvgIpc) is 2.77. The van der Waals surface area contributed by atoms with E-state index in [0.717, 1.165) is 17.1 Å². The lowest BCUT2D eigenvalue weighted by Crippen LogP contribution is -2.35. The molecule has 2 aromatic rings. The Labute approximate surface area is 190 Å². The molecule has 2 aromatic carbocycles. The van der Waals surface area contributed by atoms with E-state index in [-0.39, 0.29) is 36.0 Å². The summed E-state index contributed by atoms with van der Waals surface area (Å²) in [4.78, 5) is 37.0. The van der Waals surface area contributed by atoms with Crippen molar-refractivity contribution in [1.29, 1.82) is 0 Å². The minimum absolute atomic E-state index is 0.00358. The fraction of sp³-hybridized carbons (Fsp3) is 0.208. The Balaban J connectivity index is 2.13. The fourth-order valence-corrected chi connectivity index (χ4v) is 2.86. The van der Waals surface area contributed by atoms with Crippen LogP contribution in [0, 0.1) is 0 Å². The first kappa shape index (κ1) is 25.0. The van der Waals surface area contributed by atoms with Gasteiger partial charge in [0.2, 0.25) is 0 Å². The Morgan fingerprint density at radius 1 is 0.697 bits per heavy atom. The van der Waals surface area contributed by atoms with Crippen LogP contribution in [0.15, 0.2) is 48.6 Å². The Bertz CT molecular complexity index is 1000. The van der Waals surface area contributed by atoms with Gasteiger partial charge >= 0.3 is 5.97 Å². The third-order valence-electron chi connectivity index (χ3n) is 4.64. The molecule has 0 saturated carbocycles. The topological polar surface area (TPSA) is 156 Å². The molecule has 33 heavy (non-hydrogen) atoms. The second-order valence-electron chi connectivity index (χ2n) is 7.20. The summed E-state index contributed by atoms with van der Waals surface area (Å²) in [7, 11) is 0. The molecule has 0 aliphatic heterocycles. The molecular weight excluding hydrogens is 430 g/mol. The van der Waals surface area contributed by atoms with Gasteiger partial charge in [0.25, 0.3) is 11.8 Å². The summed E-state index contributed by atoms with van der Waals surface area (Å²) in [5.74, 6) is -3.47. The minimum atomic E-state index is -0.917. The molecule has 2 amide bonds. The lowest BCUT2D eigenvalue weighted by atomic mass is 10.1. The van der Waals surface area contributed by atoms with Crippen LogP contribution in [0.3, 0.4) is 0 Å². The molecule has 0 aliphatic rings. The lowest BCUT2D eigenvalue weighted by Gasteiger charge is -2.17. The number of unbranched alkanes of at least 4 members (excludes halogenated alkanes) is 2. The molecule has 174 valence electrons. The maximum Gasteiger partial charge on any atom is 0.303 e. The Morgan fingerprint density at radius 2 is 1.18 bits per heavy atom. The molecule has 0 atom stereocenters. The van der Waals surface area contributed by atoms with Gasteiger partial charge < -0.3 is 25.5 Å². The summed E-state index contributed by atoms with van der Waals surface area (Å²) in [5, 5.41) is 46.6. The van der Waals surface area contributed by atoms with Crippen LogP contribution < -0.4 is 0 Å². The number of carbonyl (C=O) groups excluding carboxylic acids is 2. The molecule has 9 nitrogen and oxygen atoms in total. The van der Waals surface area contributed by atoms with Crippen molar-refractivity contribution in [3.05, 3.63) is 59.7 Å². The first-order chi connectivity index (χ1) is 15.7. The number of carbonyl (C=O) groups is 3. The molecule has 9 heteroatoms. The van der Waals surface area contributed by atoms with Gasteiger partial charge in [-0.1, -0.05) is 18.6 Å². The number of aliphatic carboxylic acids is 1. The fourth-order valence-electron chi connectivity index (χ4n) is 2.86. The molecule has 0 radical (unpaired) electrons. The summed E-state index contributed by atoms with van der Waals surface area (Å²) in [6.07, 6.45) is 6.40. The first-order valence-electron chi connectivity index (χ1n) is 10.1. The maximum absolute atomic E-state index is 12.7. The predicted octanol–water partition coefficient (Wildman–Crippen LogP) is 3.24. The molecule has 0 heterocycles. The number of aromatic hydroxyl groups is 4. The van der Waals surface area contributed by atoms with Crippen molar-refractivity contribution >= 4 is 29.9 Å². The largest absolute Gasteiger partial charge is 0.504 e. The van der Waals surface area contributed by atoms with Crippen LogP contribution >= 0.6 is 0 Å². The zero-order valence-electron chi connectivity index (χ0n) is 17.7. The lowest BCUT2D eigenvalue weighted by molar-refractivity contribution is -0.139. The van der Waals surface area contributed by atoms with Gasteiger partial charge in [-0.2, -0.15) is 0 Å². The van der Waals surface area contributed by atoms with Crippen molar-refractivity contribution in [2.24, 2.45) is 0 Å². The molecule has 0 fully saturated rings. The summed E-state index contributed by atoms with van der Waals surface area (Å²) >= 11 is 0. The second kappa shape index (κ2) is 11.9. The standard InChI is InChI=1S/C24H25NO8/c26-18-9-5-16(14-20(18)28)7-11-22(30)25(13-3-1-2-4-24(32)33)23(31)12-8-17-6-10-19(27)21(29)15-17/h5-12,14-15,26-29H,1-4,13H2,(H,32,33). The van der Waals surface area contributed by atoms with Crippen molar-refractivity contribution in [1.82, 2.24) is 4.90 Å². The molecule has 0 aliphatic carbocycles. The number of amides is 2. The smallest absolute Gasteiger partial charge is 0.303 e. The van der Waals surface area contributed by atoms with Crippen molar-refractivity contribution in [2.45, 2.75) is 25.7 Å². The summed E-state index contributed by atoms with van der Waals surface area (Å²) < 4.78 is 0. The van der Waals surface area contributed by atoms with E-state index in [2.05, 4.69) is 0 Å². The zero-order valence-corrected chi connectivity index (χ0v) is 17.7. The van der Waals surface area contributed by atoms with E-state index in [1.54, 1.807) is 0 Å². The van der Waals surface area contributed by atoms with E-state index in [0.29, 0.717) is 30.4 Å². The molecule has 5 N–H and O–H groups in total. The van der Waals surface area contributed by atoms with Gasteiger partial charge in [0.05, 0.1) is 0 Å². The molecule has 2 rings (SSSR count). The number of phenolic OH excluding ortho intramolecular Hbond substituents is 4. The van der Waals surface area contributed by atoms with Crippen LogP contribution in [0.2, 0.25) is 0 Å². The number of hydrogen-bond donors (Lipinski definition) is 5. The molecule has 0 aromatic heterocycles. The van der Waals surface area contributed by atoms with E-state index in [1.807, 2.05) is 0 Å². The Kier molecular flexibility index (Phi) is 9.05. The number of hydrogen-bond acceptors (Lipinski definition) is 7. The number of rotatable bonds is 10. The quantitative estimate of drug-likeness (QED) is 0.208. The summed E-state index contributed by atoms with van der Waals surface area (Å²) in [5.41, 5.74) is 0.866. The predicted molar refractivity (Wildman–Crippen MR) is 120 cm³/mol. The number of imide groups is 1. The number of carboxylic acid groups (broad SMARTS) is 1. The van der Waals surface area contributed by atoms with Crippen molar-refractivity contribution in [3.8, 4) is 23.0 Å². The highest BCUT2D eigenvalue weighted by atomic mass is 16.4. The number of benzene rings is 2. The van der Waals surface area contributed by atoms with Crippen LogP contribution in [-0.4, -0.2) is 54.8 Å². The molecule has 0 spiro atoms. The van der Waals surface area contributed by atoms with Crippen molar-refractivity contribution in [3.63, 3.8) is 0 Å². The molecular formula is C24H25NO8. The van der Waals surface area contributed by atoms with Gasteiger partial charge in [-0.3, -0.25) is 19.3 Å². The third-order valence-corrected chi connectivity index (χ3v) is 4.64. The highest BCUT2D eigenvalue weighted by molar-refractivity contribution is 6.07. The highest BCUT2D eigenvalue weighted by Crippen LogP contribution is 2.26. The Hall–Kier alpha value is -4.27. The van der Waals surface area contributed by atoms with Gasteiger partial charge in [-0.15, -0.1) is 0 Å². The van der Waals surface area contributed by atoms with E-state index >= 15 is 0 Å². The van der Waals surface area contributed by atoms with Gasteiger partial charge in [-0.25, -0.2) is 0 Å². The third kappa shape index (κ3) is 8.06. The van der Waals surface area contributed by atoms with Crippen molar-refractivity contribution < 1.29 is 39.9 Å². The van der Waals surface area contributed by atoms with Crippen LogP contribution in [0.1, 0.15) is 36.8 Å². The number of carboxylic acids is 1. The normalized spacial score (nSPS) is 11.2. The van der Waals surface area contributed by atoms with Gasteiger partial charge in [0.1, 0.15) is 0 Å². The van der Waals surface area contributed by atoms with E-state index in [9.17, 15) is 34.8 Å². The number of phenols is 4. The molecule has 0 saturated heterocycles. The van der Waals surface area contributed by atoms with Gasteiger partial charge in [-0.05, 0) is 60.4 Å². The van der Waals surface area contributed by atoms with E-state index in [4.69, 9.17) is 5.11 Å². The van der Waals surface area contributed by atoms with Gasteiger partial charge in [0, 0.05) is 25.1 Å². The highest BCUT2D eigenvalue weighted by Gasteiger charge is 2.17. The monoisotopic (exact) mass is 455 g/mol. The summed E-state index contributed by atoms with van der Waals surface area (Å²) in [6.45, 7) is 0.0631. The zero-order chi connectivity index (χ0) is 24.4. The second-order valence-corrected chi connectivity index (χ2v) is 7.20. The molecule has 0 unspecified atom stereocenters. The SMILES string of the molecule is O=C(O)CCCCCN(C(=O)C=Cc1ccc(O)c(O)c1)C(=O)C=Cc1ccc(O)c(O)c1. The Morgan fingerprint density at radius 3 is 1.61 bits per heavy atom. The first-order valence-corrected chi connectivity index (χ1v) is 10.1. The van der Waals surface area contributed by atoms with Gasteiger partial charge in [0.15, 0.2) is 23.0 Å². The summed E-state index contributed by atoms with van der Waals surface area (Å²) in [6, 6.07) is 8.01. The minimum Gasteiger partial charge on any atom is -0.504 e. The van der Waals surface area contributed by atoms with Crippen LogP contribution in [0.4, 0.5) is 0 Å². The van der Waals surface area contributed by atoms with E-state index < -0.39 is 17.8 Å². The van der Waals surface area contributed by atoms with E-state index in [1.165, 1.54) is 48.6 Å².